The number of nitrogens with zero attached hydrogens (tertiary/aromatic N) is 1. The molecule has 5 nitrogen and oxygen atoms in total. The van der Waals surface area contributed by atoms with Crippen LogP contribution in [0.15, 0.2) is 12.2 Å². The van der Waals surface area contributed by atoms with Gasteiger partial charge in [0.1, 0.15) is 5.54 Å². The van der Waals surface area contributed by atoms with E-state index in [-0.39, 0.29) is 17.9 Å². The number of nitrogens with two attached hydrogens (primary N) is 1. The summed E-state index contributed by atoms with van der Waals surface area (Å²) in [4.78, 5) is 24.3. The maximum absolute atomic E-state index is 12.0. The summed E-state index contributed by atoms with van der Waals surface area (Å²) >= 11 is 0. The normalized spacial score (nSPS) is 24.5. The Bertz CT molecular complexity index is 336. The van der Waals surface area contributed by atoms with Gasteiger partial charge in [0, 0.05) is 13.1 Å². The Morgan fingerprint density at radius 1 is 1.44 bits per heavy atom. The third-order valence-electron chi connectivity index (χ3n) is 3.13. The maximum atomic E-state index is 12.0. The summed E-state index contributed by atoms with van der Waals surface area (Å²) in [5.41, 5.74) is 4.46. The number of carbonyl (C=O) groups is 2. The largest absolute Gasteiger partial charge is 0.480 e. The molecule has 0 aromatic heterocycles. The van der Waals surface area contributed by atoms with Crippen molar-refractivity contribution < 1.29 is 14.7 Å². The number of carboxylic acid groups (broad SMARTS) is 1. The topological polar surface area (TPSA) is 83.6 Å². The van der Waals surface area contributed by atoms with Crippen molar-refractivity contribution in [3.8, 4) is 0 Å². The lowest BCUT2D eigenvalue weighted by Gasteiger charge is -2.33. The molecule has 3 N–H and O–H groups in total. The van der Waals surface area contributed by atoms with E-state index in [1.165, 1.54) is 25.8 Å². The molecule has 0 saturated carbocycles. The van der Waals surface area contributed by atoms with E-state index < -0.39 is 11.5 Å². The van der Waals surface area contributed by atoms with E-state index in [9.17, 15) is 9.59 Å². The molecule has 5 heteroatoms. The maximum Gasteiger partial charge on any atom is 0.329 e. The summed E-state index contributed by atoms with van der Waals surface area (Å²) in [6.07, 6.45) is 4.09. The highest BCUT2D eigenvalue weighted by Crippen LogP contribution is 2.22. The van der Waals surface area contributed by atoms with Gasteiger partial charge in [-0.3, -0.25) is 4.79 Å². The zero-order chi connectivity index (χ0) is 12.5. The van der Waals surface area contributed by atoms with Gasteiger partial charge in [-0.05, 0) is 20.3 Å². The Kier molecular flexibility index (Phi) is 3.38. The van der Waals surface area contributed by atoms with Crippen molar-refractivity contribution in [3.63, 3.8) is 0 Å². The first-order chi connectivity index (χ1) is 7.26. The lowest BCUT2D eigenvalue weighted by Crippen LogP contribution is -2.52. The molecule has 0 aromatic rings. The van der Waals surface area contributed by atoms with Crippen molar-refractivity contribution in [1.29, 1.82) is 0 Å². The molecule has 0 saturated heterocycles. The third kappa shape index (κ3) is 2.24. The van der Waals surface area contributed by atoms with E-state index in [0.717, 1.165) is 0 Å². The third-order valence-corrected chi connectivity index (χ3v) is 3.13. The highest BCUT2D eigenvalue weighted by Gasteiger charge is 2.38. The summed E-state index contributed by atoms with van der Waals surface area (Å²) in [6, 6.07) is -0.102. The molecule has 0 radical (unpaired) electrons. The van der Waals surface area contributed by atoms with Gasteiger partial charge in [-0.1, -0.05) is 12.2 Å². The van der Waals surface area contributed by atoms with Gasteiger partial charge in [-0.25, -0.2) is 4.79 Å². The molecule has 1 rings (SSSR count). The summed E-state index contributed by atoms with van der Waals surface area (Å²) in [5, 5.41) is 9.02. The van der Waals surface area contributed by atoms with Gasteiger partial charge in [0.25, 0.3) is 0 Å². The Labute approximate surface area is 94.9 Å². The molecule has 2 unspecified atom stereocenters. The van der Waals surface area contributed by atoms with Crippen LogP contribution in [0.4, 0.5) is 0 Å². The average Bonchev–Trinajstić information content (AvgIpc) is 2.62. The first-order valence-corrected chi connectivity index (χ1v) is 5.21. The molecule has 16 heavy (non-hydrogen) atoms. The van der Waals surface area contributed by atoms with Gasteiger partial charge in [0.05, 0.1) is 5.92 Å². The zero-order valence-electron chi connectivity index (χ0n) is 9.80. The van der Waals surface area contributed by atoms with Gasteiger partial charge < -0.3 is 15.7 Å². The quantitative estimate of drug-likeness (QED) is 0.674. The number of carbonyl (C=O) groups excluding carboxylic acids is 1. The second-order valence-corrected chi connectivity index (χ2v) is 4.65. The number of hydrogen-bond acceptors (Lipinski definition) is 3. The molecule has 1 aliphatic carbocycles. The Morgan fingerprint density at radius 2 is 2.00 bits per heavy atom. The molecule has 1 aliphatic rings. The van der Waals surface area contributed by atoms with Gasteiger partial charge in [-0.2, -0.15) is 0 Å². The molecule has 1 amide bonds. The fourth-order valence-electron chi connectivity index (χ4n) is 1.58. The van der Waals surface area contributed by atoms with E-state index in [2.05, 4.69) is 0 Å². The van der Waals surface area contributed by atoms with Gasteiger partial charge in [0.15, 0.2) is 0 Å². The molecule has 0 heterocycles. The average molecular weight is 226 g/mol. The smallest absolute Gasteiger partial charge is 0.329 e. The van der Waals surface area contributed by atoms with Gasteiger partial charge in [-0.15, -0.1) is 0 Å². The lowest BCUT2D eigenvalue weighted by molar-refractivity contribution is -0.156. The van der Waals surface area contributed by atoms with Crippen LogP contribution in [0, 0.1) is 5.92 Å². The van der Waals surface area contributed by atoms with Crippen molar-refractivity contribution >= 4 is 11.9 Å². The monoisotopic (exact) mass is 226 g/mol. The number of amides is 1. The second-order valence-electron chi connectivity index (χ2n) is 4.65. The molecular formula is C11H18N2O3. The predicted octanol–water partition coefficient (Wildman–Crippen LogP) is 0.211. The Hall–Kier alpha value is -1.36. The van der Waals surface area contributed by atoms with Crippen LogP contribution in [-0.2, 0) is 9.59 Å². The number of aliphatic carboxylic acids is 1. The van der Waals surface area contributed by atoms with E-state index >= 15 is 0 Å². The van der Waals surface area contributed by atoms with E-state index in [4.69, 9.17) is 10.8 Å². The Morgan fingerprint density at radius 3 is 2.38 bits per heavy atom. The molecule has 0 aliphatic heterocycles. The zero-order valence-corrected chi connectivity index (χ0v) is 9.80. The minimum absolute atomic E-state index is 0.102. The number of rotatable bonds is 3. The van der Waals surface area contributed by atoms with Crippen molar-refractivity contribution in [3.05, 3.63) is 12.2 Å². The van der Waals surface area contributed by atoms with Crippen LogP contribution in [-0.4, -0.2) is 40.5 Å². The van der Waals surface area contributed by atoms with E-state index in [0.29, 0.717) is 6.42 Å². The number of likely N-dealkylation sites (N-methyl/N-ethyl adjacent to an activating group) is 1. The standard InChI is InChI=1S/C11H18N2O3/c1-11(2,10(15)16)13(3)9(14)7-4-5-8(12)6-7/h4-5,7-8H,6,12H2,1-3H3,(H,15,16). The molecule has 0 fully saturated rings. The predicted molar refractivity (Wildman–Crippen MR) is 59.7 cm³/mol. The van der Waals surface area contributed by atoms with Crippen LogP contribution in [0.2, 0.25) is 0 Å². The van der Waals surface area contributed by atoms with E-state index in [1.807, 2.05) is 0 Å². The molecule has 90 valence electrons. The minimum Gasteiger partial charge on any atom is -0.480 e. The van der Waals surface area contributed by atoms with E-state index in [1.54, 1.807) is 12.2 Å². The van der Waals surface area contributed by atoms with Crippen LogP contribution in [0.25, 0.3) is 0 Å². The Balaban J connectivity index is 2.75. The van der Waals surface area contributed by atoms with Crippen molar-refractivity contribution in [1.82, 2.24) is 4.90 Å². The molecule has 0 spiro atoms. The highest BCUT2D eigenvalue weighted by molar-refractivity contribution is 5.88. The molecule has 0 aromatic carbocycles. The van der Waals surface area contributed by atoms with Crippen LogP contribution in [0.5, 0.6) is 0 Å². The first kappa shape index (κ1) is 12.7. The first-order valence-electron chi connectivity index (χ1n) is 5.21. The highest BCUT2D eigenvalue weighted by atomic mass is 16.4. The summed E-state index contributed by atoms with van der Waals surface area (Å²) in [7, 11) is 1.51. The minimum atomic E-state index is -1.20. The molecule has 2 atom stereocenters. The fourth-order valence-corrected chi connectivity index (χ4v) is 1.58. The summed E-state index contributed by atoms with van der Waals surface area (Å²) < 4.78 is 0. The van der Waals surface area contributed by atoms with Crippen LogP contribution in [0.1, 0.15) is 20.3 Å². The fraction of sp³-hybridized carbons (Fsp3) is 0.636. The van der Waals surface area contributed by atoms with Gasteiger partial charge >= 0.3 is 5.97 Å². The number of carboxylic acids is 1. The second kappa shape index (κ2) is 4.25. The number of hydrogen-bond donors (Lipinski definition) is 2. The SMILES string of the molecule is CN(C(=O)C1C=CC(N)C1)C(C)(C)C(=O)O. The lowest BCUT2D eigenvalue weighted by atomic mass is 9.99. The van der Waals surface area contributed by atoms with Crippen LogP contribution in [0.3, 0.4) is 0 Å². The van der Waals surface area contributed by atoms with Gasteiger partial charge in [0.2, 0.25) is 5.91 Å². The van der Waals surface area contributed by atoms with Crippen molar-refractivity contribution in [2.45, 2.75) is 31.8 Å². The van der Waals surface area contributed by atoms with Crippen LogP contribution >= 0.6 is 0 Å². The summed E-state index contributed by atoms with van der Waals surface area (Å²) in [5.74, 6) is -1.51. The van der Waals surface area contributed by atoms with Crippen molar-refractivity contribution in [2.75, 3.05) is 7.05 Å². The molecule has 0 bridgehead atoms. The summed E-state index contributed by atoms with van der Waals surface area (Å²) in [6.45, 7) is 3.01. The van der Waals surface area contributed by atoms with Crippen LogP contribution < -0.4 is 5.73 Å². The van der Waals surface area contributed by atoms with Crippen molar-refractivity contribution in [2.24, 2.45) is 11.7 Å². The molecular weight excluding hydrogens is 208 g/mol.